The summed E-state index contributed by atoms with van der Waals surface area (Å²) in [4.78, 5) is 15.6. The predicted molar refractivity (Wildman–Crippen MR) is 73.8 cm³/mol. The highest BCUT2D eigenvalue weighted by molar-refractivity contribution is 6.09. The van der Waals surface area contributed by atoms with E-state index in [0.29, 0.717) is 16.5 Å². The highest BCUT2D eigenvalue weighted by Gasteiger charge is 2.24. The summed E-state index contributed by atoms with van der Waals surface area (Å²) in [5, 5.41) is 0.455. The van der Waals surface area contributed by atoms with Gasteiger partial charge in [-0.15, -0.1) is 0 Å². The molecule has 2 nitrogen and oxygen atoms in total. The predicted octanol–water partition coefficient (Wildman–Crippen LogP) is 4.46. The topological polar surface area (TPSA) is 32.9 Å². The lowest BCUT2D eigenvalue weighted by atomic mass is 9.91. The number of fused-ring (bicyclic) bond motifs is 1. The van der Waals surface area contributed by atoms with Crippen LogP contribution in [0.2, 0.25) is 0 Å². The standard InChI is InChI=1S/C16H18FNO/c17-13-8-5-9-14-15(13)12(10-18-14)16(19)11-6-3-1-2-4-7-11/h5,8-11,18H,1-4,6-7H2. The molecule has 0 aliphatic heterocycles. The third kappa shape index (κ3) is 2.29. The lowest BCUT2D eigenvalue weighted by molar-refractivity contribution is 0.0909. The molecule has 0 bridgehead atoms. The van der Waals surface area contributed by atoms with Gasteiger partial charge in [0.25, 0.3) is 0 Å². The summed E-state index contributed by atoms with van der Waals surface area (Å²) in [6.45, 7) is 0. The Bertz CT molecular complexity index is 594. The van der Waals surface area contributed by atoms with Gasteiger partial charge < -0.3 is 4.98 Å². The minimum Gasteiger partial charge on any atom is -0.360 e. The van der Waals surface area contributed by atoms with E-state index in [0.717, 1.165) is 25.7 Å². The molecular weight excluding hydrogens is 241 g/mol. The van der Waals surface area contributed by atoms with Gasteiger partial charge in [-0.05, 0) is 25.0 Å². The maximum absolute atomic E-state index is 13.9. The third-order valence-corrected chi connectivity index (χ3v) is 4.15. The van der Waals surface area contributed by atoms with Gasteiger partial charge in [0.05, 0.1) is 0 Å². The number of Topliss-reactive ketones (excluding diaryl/α,β-unsaturated/α-hetero) is 1. The number of benzene rings is 1. The number of halogens is 1. The smallest absolute Gasteiger partial charge is 0.168 e. The average molecular weight is 259 g/mol. The fourth-order valence-corrected chi connectivity index (χ4v) is 3.10. The highest BCUT2D eigenvalue weighted by atomic mass is 19.1. The van der Waals surface area contributed by atoms with Crippen molar-refractivity contribution in [2.75, 3.05) is 0 Å². The molecule has 1 aliphatic carbocycles. The van der Waals surface area contributed by atoms with E-state index in [2.05, 4.69) is 4.98 Å². The molecule has 3 rings (SSSR count). The molecule has 3 heteroatoms. The number of aromatic amines is 1. The van der Waals surface area contributed by atoms with E-state index in [1.165, 1.54) is 18.9 Å². The number of hydrogen-bond donors (Lipinski definition) is 1. The molecule has 1 aliphatic rings. The molecule has 1 heterocycles. The normalized spacial score (nSPS) is 17.5. The Morgan fingerprint density at radius 1 is 1.16 bits per heavy atom. The molecule has 0 saturated heterocycles. The first kappa shape index (κ1) is 12.4. The van der Waals surface area contributed by atoms with Crippen LogP contribution in [0.3, 0.4) is 0 Å². The average Bonchev–Trinajstić information content (AvgIpc) is 2.67. The van der Waals surface area contributed by atoms with Crippen LogP contribution in [-0.2, 0) is 0 Å². The second-order valence-corrected chi connectivity index (χ2v) is 5.42. The van der Waals surface area contributed by atoms with Crippen LogP contribution < -0.4 is 0 Å². The van der Waals surface area contributed by atoms with Crippen LogP contribution in [0.4, 0.5) is 4.39 Å². The Kier molecular flexibility index (Phi) is 3.36. The zero-order chi connectivity index (χ0) is 13.2. The number of ketones is 1. The number of nitrogens with one attached hydrogen (secondary N) is 1. The van der Waals surface area contributed by atoms with E-state index >= 15 is 0 Å². The fourth-order valence-electron chi connectivity index (χ4n) is 3.10. The Morgan fingerprint density at radius 2 is 1.89 bits per heavy atom. The second kappa shape index (κ2) is 5.16. The number of H-pyrrole nitrogens is 1. The SMILES string of the molecule is O=C(c1c[nH]c2cccc(F)c12)C1CCCCCC1. The monoisotopic (exact) mass is 259 g/mol. The van der Waals surface area contributed by atoms with Gasteiger partial charge in [-0.2, -0.15) is 0 Å². The van der Waals surface area contributed by atoms with Gasteiger partial charge in [0.1, 0.15) is 5.82 Å². The number of aromatic nitrogens is 1. The van der Waals surface area contributed by atoms with Gasteiger partial charge in [-0.25, -0.2) is 4.39 Å². The maximum Gasteiger partial charge on any atom is 0.168 e. The Morgan fingerprint density at radius 3 is 2.63 bits per heavy atom. The fraction of sp³-hybridized carbons (Fsp3) is 0.438. The lowest BCUT2D eigenvalue weighted by Gasteiger charge is -2.11. The van der Waals surface area contributed by atoms with Gasteiger partial charge in [-0.3, -0.25) is 4.79 Å². The van der Waals surface area contributed by atoms with Crippen molar-refractivity contribution >= 4 is 16.7 Å². The number of hydrogen-bond acceptors (Lipinski definition) is 1. The molecule has 0 spiro atoms. The van der Waals surface area contributed by atoms with Crippen molar-refractivity contribution in [2.45, 2.75) is 38.5 Å². The summed E-state index contributed by atoms with van der Waals surface area (Å²) in [7, 11) is 0. The molecule has 0 unspecified atom stereocenters. The molecule has 1 aromatic carbocycles. The summed E-state index contributed by atoms with van der Waals surface area (Å²) >= 11 is 0. The summed E-state index contributed by atoms with van der Waals surface area (Å²) in [6.07, 6.45) is 8.21. The molecule has 100 valence electrons. The van der Waals surface area contributed by atoms with Crippen LogP contribution in [0.15, 0.2) is 24.4 Å². The second-order valence-electron chi connectivity index (χ2n) is 5.42. The zero-order valence-corrected chi connectivity index (χ0v) is 10.9. The summed E-state index contributed by atoms with van der Waals surface area (Å²) in [6, 6.07) is 4.89. The van der Waals surface area contributed by atoms with Gasteiger partial charge in [0.2, 0.25) is 0 Å². The van der Waals surface area contributed by atoms with Crippen molar-refractivity contribution in [3.8, 4) is 0 Å². The zero-order valence-electron chi connectivity index (χ0n) is 10.9. The first-order valence-corrected chi connectivity index (χ1v) is 7.07. The van der Waals surface area contributed by atoms with Gasteiger partial charge in [0, 0.05) is 28.6 Å². The first-order chi connectivity index (χ1) is 9.27. The van der Waals surface area contributed by atoms with Gasteiger partial charge in [-0.1, -0.05) is 31.7 Å². The molecular formula is C16H18FNO. The molecule has 0 amide bonds. The van der Waals surface area contributed by atoms with Gasteiger partial charge >= 0.3 is 0 Å². The van der Waals surface area contributed by atoms with Crippen LogP contribution in [0.1, 0.15) is 48.9 Å². The van der Waals surface area contributed by atoms with E-state index in [-0.39, 0.29) is 17.5 Å². The van der Waals surface area contributed by atoms with E-state index in [1.54, 1.807) is 12.3 Å². The van der Waals surface area contributed by atoms with Crippen LogP contribution in [0.5, 0.6) is 0 Å². The van der Waals surface area contributed by atoms with Crippen molar-refractivity contribution in [2.24, 2.45) is 5.92 Å². The van der Waals surface area contributed by atoms with Crippen molar-refractivity contribution in [3.05, 3.63) is 35.8 Å². The van der Waals surface area contributed by atoms with Crippen molar-refractivity contribution in [3.63, 3.8) is 0 Å². The molecule has 1 fully saturated rings. The van der Waals surface area contributed by atoms with Crippen LogP contribution in [0, 0.1) is 11.7 Å². The Hall–Kier alpha value is -1.64. The van der Waals surface area contributed by atoms with Gasteiger partial charge in [0.15, 0.2) is 5.78 Å². The van der Waals surface area contributed by atoms with E-state index in [9.17, 15) is 9.18 Å². The summed E-state index contributed by atoms with van der Waals surface area (Å²) in [5.74, 6) is -0.130. The minimum absolute atomic E-state index is 0.0705. The van der Waals surface area contributed by atoms with Crippen LogP contribution in [-0.4, -0.2) is 10.8 Å². The first-order valence-electron chi connectivity index (χ1n) is 7.07. The quantitative estimate of drug-likeness (QED) is 0.627. The maximum atomic E-state index is 13.9. The molecule has 19 heavy (non-hydrogen) atoms. The lowest BCUT2D eigenvalue weighted by Crippen LogP contribution is -2.13. The largest absolute Gasteiger partial charge is 0.360 e. The number of rotatable bonds is 2. The highest BCUT2D eigenvalue weighted by Crippen LogP contribution is 2.29. The third-order valence-electron chi connectivity index (χ3n) is 4.15. The molecule has 0 radical (unpaired) electrons. The molecule has 2 aromatic rings. The van der Waals surface area contributed by atoms with Crippen molar-refractivity contribution < 1.29 is 9.18 Å². The van der Waals surface area contributed by atoms with Crippen molar-refractivity contribution in [1.29, 1.82) is 0 Å². The number of carbonyl (C=O) groups excluding carboxylic acids is 1. The number of carbonyl (C=O) groups is 1. The van der Waals surface area contributed by atoms with Crippen LogP contribution in [0.25, 0.3) is 10.9 Å². The Balaban J connectivity index is 1.97. The molecule has 1 saturated carbocycles. The van der Waals surface area contributed by atoms with E-state index in [4.69, 9.17) is 0 Å². The minimum atomic E-state index is -0.310. The summed E-state index contributed by atoms with van der Waals surface area (Å²) < 4.78 is 13.9. The van der Waals surface area contributed by atoms with E-state index < -0.39 is 0 Å². The Labute approximate surface area is 112 Å². The van der Waals surface area contributed by atoms with E-state index in [1.807, 2.05) is 6.07 Å². The molecule has 0 atom stereocenters. The molecule has 1 aromatic heterocycles. The van der Waals surface area contributed by atoms with Crippen LogP contribution >= 0.6 is 0 Å². The summed E-state index contributed by atoms with van der Waals surface area (Å²) in [5.41, 5.74) is 1.23. The molecule has 1 N–H and O–H groups in total. The van der Waals surface area contributed by atoms with Crippen molar-refractivity contribution in [1.82, 2.24) is 4.98 Å².